The molecule has 1 N–H and O–H groups in total. The summed E-state index contributed by atoms with van der Waals surface area (Å²) in [5, 5.41) is 4.02. The monoisotopic (exact) mass is 539 g/mol. The maximum Gasteiger partial charge on any atom is 0.123 e. The molecular weight excluding hydrogens is 501 g/mol. The lowest BCUT2D eigenvalue weighted by Gasteiger charge is -2.17. The Morgan fingerprint density at radius 2 is 1.44 bits per heavy atom. The van der Waals surface area contributed by atoms with E-state index in [0.717, 1.165) is 59.5 Å². The number of aryl methyl sites for hydroxylation is 6. The Kier molecular flexibility index (Phi) is 9.30. The maximum atomic E-state index is 13.9. The van der Waals surface area contributed by atoms with Gasteiger partial charge in [-0.2, -0.15) is 0 Å². The molecule has 39 heavy (non-hydrogen) atoms. The second-order valence-electron chi connectivity index (χ2n) is 10.5. The number of benzene rings is 4. The topological polar surface area (TPSA) is 12.0 Å². The quantitative estimate of drug-likeness (QED) is 0.211. The molecule has 0 unspecified atom stereocenters. The molecular formula is C36H39ClFN. The van der Waals surface area contributed by atoms with Crippen molar-refractivity contribution in [2.75, 3.05) is 7.05 Å². The lowest BCUT2D eigenvalue weighted by atomic mass is 9.89. The Morgan fingerprint density at radius 3 is 2.13 bits per heavy atom. The molecule has 4 rings (SSSR count). The molecule has 0 fully saturated rings. The number of halogens is 2. The summed E-state index contributed by atoms with van der Waals surface area (Å²) in [5.41, 5.74) is 14.2. The molecule has 0 radical (unpaired) electrons. The number of rotatable bonds is 10. The van der Waals surface area contributed by atoms with Crippen molar-refractivity contribution in [1.82, 2.24) is 5.32 Å². The van der Waals surface area contributed by atoms with Crippen LogP contribution in [0.3, 0.4) is 0 Å². The van der Waals surface area contributed by atoms with Gasteiger partial charge < -0.3 is 5.32 Å². The van der Waals surface area contributed by atoms with Gasteiger partial charge in [0.05, 0.1) is 0 Å². The van der Waals surface area contributed by atoms with Crippen molar-refractivity contribution in [2.45, 2.75) is 59.8 Å². The van der Waals surface area contributed by atoms with Crippen molar-refractivity contribution >= 4 is 17.3 Å². The third-order valence-corrected chi connectivity index (χ3v) is 8.25. The standard InChI is InChI=1S/C36H39ClFN/c1-7-28-22-36(37)31(21-30(28)15-14-27-18-23(2)19-32(38)20-27)17-16-29-10-8-12-34(24(29)3)35-13-9-11-33(25(35)4)26(5)39-6/h8-13,18-22,39H,5,7,14-17H2,1-4,6H3. The highest BCUT2D eigenvalue weighted by molar-refractivity contribution is 6.31. The molecule has 0 saturated carbocycles. The minimum atomic E-state index is -0.163. The second-order valence-corrected chi connectivity index (χ2v) is 10.9. The molecule has 0 amide bonds. The fraction of sp³-hybridized carbons (Fsp3) is 0.278. The molecule has 0 atom stereocenters. The first kappa shape index (κ1) is 28.6. The van der Waals surface area contributed by atoms with Gasteiger partial charge in [-0.25, -0.2) is 4.39 Å². The van der Waals surface area contributed by atoms with Gasteiger partial charge in [-0.1, -0.05) is 73.6 Å². The smallest absolute Gasteiger partial charge is 0.123 e. The Bertz CT molecular complexity index is 1480. The third-order valence-electron chi connectivity index (χ3n) is 7.89. The van der Waals surface area contributed by atoms with Crippen LogP contribution in [0.25, 0.3) is 16.8 Å². The molecule has 4 aromatic rings. The predicted molar refractivity (Wildman–Crippen MR) is 166 cm³/mol. The summed E-state index contributed by atoms with van der Waals surface area (Å²) in [6.07, 6.45) is 4.39. The van der Waals surface area contributed by atoms with Crippen LogP contribution < -0.4 is 5.32 Å². The Balaban J connectivity index is 1.57. The van der Waals surface area contributed by atoms with Gasteiger partial charge in [0.15, 0.2) is 0 Å². The van der Waals surface area contributed by atoms with Crippen molar-refractivity contribution in [2.24, 2.45) is 0 Å². The van der Waals surface area contributed by atoms with Crippen LogP contribution in [-0.2, 0) is 32.1 Å². The van der Waals surface area contributed by atoms with Crippen LogP contribution in [0, 0.1) is 26.6 Å². The summed E-state index contributed by atoms with van der Waals surface area (Å²) in [6.45, 7) is 12.7. The van der Waals surface area contributed by atoms with Gasteiger partial charge in [0, 0.05) is 23.3 Å². The van der Waals surface area contributed by atoms with Crippen LogP contribution >= 0.6 is 11.6 Å². The Hall–Kier alpha value is -3.36. The van der Waals surface area contributed by atoms with Crippen molar-refractivity contribution < 1.29 is 4.39 Å². The van der Waals surface area contributed by atoms with Crippen LogP contribution in [0.1, 0.15) is 57.0 Å². The molecule has 0 aromatic heterocycles. The van der Waals surface area contributed by atoms with Gasteiger partial charge in [-0.3, -0.25) is 0 Å². The maximum absolute atomic E-state index is 13.9. The lowest BCUT2D eigenvalue weighted by Crippen LogP contribution is -2.05. The van der Waals surface area contributed by atoms with Crippen molar-refractivity contribution in [1.29, 1.82) is 0 Å². The molecule has 4 aromatic carbocycles. The molecule has 3 heteroatoms. The summed E-state index contributed by atoms with van der Waals surface area (Å²) in [7, 11) is 1.91. The molecule has 0 saturated heterocycles. The summed E-state index contributed by atoms with van der Waals surface area (Å²) in [4.78, 5) is 0. The van der Waals surface area contributed by atoms with E-state index in [9.17, 15) is 4.39 Å². The first-order chi connectivity index (χ1) is 18.7. The fourth-order valence-electron chi connectivity index (χ4n) is 5.60. The van der Waals surface area contributed by atoms with Gasteiger partial charge in [-0.15, -0.1) is 0 Å². The van der Waals surface area contributed by atoms with Crippen molar-refractivity contribution in [3.05, 3.63) is 134 Å². The molecule has 0 bridgehead atoms. The number of nitrogens with one attached hydrogen (secondary N) is 1. The lowest BCUT2D eigenvalue weighted by molar-refractivity contribution is 0.624. The van der Waals surface area contributed by atoms with E-state index >= 15 is 0 Å². The summed E-state index contributed by atoms with van der Waals surface area (Å²) in [6, 6.07) is 22.7. The largest absolute Gasteiger partial charge is 0.388 e. The average molecular weight is 540 g/mol. The minimum absolute atomic E-state index is 0.163. The average Bonchev–Trinajstić information content (AvgIpc) is 2.91. The Morgan fingerprint density at radius 1 is 0.769 bits per heavy atom. The zero-order valence-corrected chi connectivity index (χ0v) is 24.6. The highest BCUT2D eigenvalue weighted by Gasteiger charge is 2.14. The van der Waals surface area contributed by atoms with Crippen LogP contribution in [0.15, 0.2) is 73.3 Å². The summed E-state index contributed by atoms with van der Waals surface area (Å²) >= 11 is 6.79. The van der Waals surface area contributed by atoms with E-state index in [1.807, 2.05) is 14.0 Å². The first-order valence-corrected chi connectivity index (χ1v) is 14.2. The van der Waals surface area contributed by atoms with E-state index in [0.29, 0.717) is 0 Å². The van der Waals surface area contributed by atoms with Gasteiger partial charge in [0.2, 0.25) is 0 Å². The van der Waals surface area contributed by atoms with E-state index in [-0.39, 0.29) is 5.82 Å². The molecule has 0 aliphatic rings. The highest BCUT2D eigenvalue weighted by Crippen LogP contribution is 2.33. The van der Waals surface area contributed by atoms with E-state index in [4.69, 9.17) is 11.6 Å². The van der Waals surface area contributed by atoms with E-state index in [1.165, 1.54) is 44.5 Å². The highest BCUT2D eigenvalue weighted by atomic mass is 35.5. The van der Waals surface area contributed by atoms with Crippen LogP contribution in [0.4, 0.5) is 4.39 Å². The molecule has 0 aliphatic heterocycles. The fourth-order valence-corrected chi connectivity index (χ4v) is 5.88. The molecule has 0 aliphatic carbocycles. The van der Waals surface area contributed by atoms with E-state index in [1.54, 1.807) is 12.1 Å². The summed E-state index contributed by atoms with van der Waals surface area (Å²) in [5.74, 6) is -0.163. The molecule has 1 nitrogen and oxygen atoms in total. The van der Waals surface area contributed by atoms with Crippen molar-refractivity contribution in [3.63, 3.8) is 0 Å². The zero-order chi connectivity index (χ0) is 28.1. The van der Waals surface area contributed by atoms with Gasteiger partial charge >= 0.3 is 0 Å². The van der Waals surface area contributed by atoms with Crippen LogP contribution in [0.5, 0.6) is 0 Å². The summed E-state index contributed by atoms with van der Waals surface area (Å²) < 4.78 is 13.9. The van der Waals surface area contributed by atoms with Gasteiger partial charge in [0.1, 0.15) is 5.82 Å². The van der Waals surface area contributed by atoms with E-state index < -0.39 is 0 Å². The first-order valence-electron chi connectivity index (χ1n) is 13.8. The molecule has 202 valence electrons. The van der Waals surface area contributed by atoms with Gasteiger partial charge in [-0.05, 0) is 127 Å². The Labute approximate surface area is 238 Å². The zero-order valence-electron chi connectivity index (χ0n) is 23.8. The third kappa shape index (κ3) is 6.62. The van der Waals surface area contributed by atoms with Crippen molar-refractivity contribution in [3.8, 4) is 11.1 Å². The normalized spacial score (nSPS) is 11.1. The van der Waals surface area contributed by atoms with Crippen LogP contribution in [-0.4, -0.2) is 7.05 Å². The van der Waals surface area contributed by atoms with Crippen LogP contribution in [0.2, 0.25) is 5.02 Å². The molecule has 0 heterocycles. The van der Waals surface area contributed by atoms with Gasteiger partial charge in [0.25, 0.3) is 0 Å². The number of hydrogen-bond donors (Lipinski definition) is 1. The van der Waals surface area contributed by atoms with E-state index in [2.05, 4.69) is 87.3 Å². The molecule has 0 spiro atoms. The number of hydrogen-bond acceptors (Lipinski definition) is 1. The predicted octanol–water partition coefficient (Wildman–Crippen LogP) is 9.39. The second kappa shape index (κ2) is 12.7. The SMILES string of the molecule is C=C(NC)c1cccc(-c2cccc(CCc3cc(CCc4cc(C)cc(F)c4)c(CC)cc3Cl)c2C)c1C. The minimum Gasteiger partial charge on any atom is -0.388 e.